The summed E-state index contributed by atoms with van der Waals surface area (Å²) in [5.74, 6) is 0.137. The number of hydrogen-bond donors (Lipinski definition) is 0. The van der Waals surface area contributed by atoms with Gasteiger partial charge in [0, 0.05) is 21.7 Å². The molecule has 0 amide bonds. The van der Waals surface area contributed by atoms with Crippen molar-refractivity contribution in [2.24, 2.45) is 0 Å². The van der Waals surface area contributed by atoms with Gasteiger partial charge in [-0.1, -0.05) is 29.8 Å². The molecule has 3 aromatic carbocycles. The van der Waals surface area contributed by atoms with Gasteiger partial charge in [-0.25, -0.2) is 4.79 Å². The first-order valence-electron chi connectivity index (χ1n) is 9.58. The van der Waals surface area contributed by atoms with E-state index in [1.807, 2.05) is 0 Å². The fourth-order valence-electron chi connectivity index (χ4n) is 2.98. The molecule has 0 aliphatic rings. The van der Waals surface area contributed by atoms with E-state index in [1.165, 1.54) is 6.07 Å². The number of carbonyl (C=O) groups is 2. The lowest BCUT2D eigenvalue weighted by atomic mass is 9.98. The first-order valence-corrected chi connectivity index (χ1v) is 9.96. The number of carbonyl (C=O) groups excluding carboxylic acids is 2. The van der Waals surface area contributed by atoms with E-state index in [9.17, 15) is 9.59 Å². The van der Waals surface area contributed by atoms with Gasteiger partial charge >= 0.3 is 5.97 Å². The lowest BCUT2D eigenvalue weighted by molar-refractivity contribution is 0.0436. The number of ether oxygens (including phenoxy) is 2. The monoisotopic (exact) mass is 448 g/mol. The number of rotatable bonds is 7. The molecule has 0 saturated carbocycles. The van der Waals surface area contributed by atoms with E-state index in [1.54, 1.807) is 73.8 Å². The van der Waals surface area contributed by atoms with Gasteiger partial charge in [0.1, 0.15) is 5.75 Å². The van der Waals surface area contributed by atoms with Crippen LogP contribution >= 0.6 is 11.6 Å². The summed E-state index contributed by atoms with van der Waals surface area (Å²) in [4.78, 5) is 25.5. The summed E-state index contributed by atoms with van der Waals surface area (Å²) >= 11 is 5.89. The summed E-state index contributed by atoms with van der Waals surface area (Å²) in [6.07, 6.45) is 0. The predicted molar refractivity (Wildman–Crippen MR) is 117 cm³/mol. The SMILES string of the molecule is COc1ccc(-c2nnc(COC(=O)c3ccccc3C(=O)c3ccc(Cl)cc3)o2)cc1. The van der Waals surface area contributed by atoms with E-state index >= 15 is 0 Å². The standard InChI is InChI=1S/C24H17ClN2O5/c1-30-18-12-8-16(9-13-18)23-27-26-21(32-23)14-31-24(29)20-5-3-2-4-19(20)22(28)15-6-10-17(25)11-7-15/h2-13H,14H2,1H3. The summed E-state index contributed by atoms with van der Waals surface area (Å²) in [6, 6.07) is 20.0. The van der Waals surface area contributed by atoms with Crippen LogP contribution in [0.1, 0.15) is 32.2 Å². The molecule has 32 heavy (non-hydrogen) atoms. The van der Waals surface area contributed by atoms with Crippen molar-refractivity contribution >= 4 is 23.4 Å². The second kappa shape index (κ2) is 9.45. The highest BCUT2D eigenvalue weighted by molar-refractivity contribution is 6.30. The van der Waals surface area contributed by atoms with Gasteiger partial charge in [-0.05, 0) is 54.6 Å². The lowest BCUT2D eigenvalue weighted by Gasteiger charge is -2.08. The Kier molecular flexibility index (Phi) is 6.28. The van der Waals surface area contributed by atoms with E-state index in [0.29, 0.717) is 21.9 Å². The van der Waals surface area contributed by atoms with Crippen molar-refractivity contribution in [2.45, 2.75) is 6.61 Å². The van der Waals surface area contributed by atoms with Gasteiger partial charge in [0.05, 0.1) is 12.7 Å². The highest BCUT2D eigenvalue weighted by Crippen LogP contribution is 2.22. The number of methoxy groups -OCH3 is 1. The smallest absolute Gasteiger partial charge is 0.339 e. The third kappa shape index (κ3) is 4.68. The van der Waals surface area contributed by atoms with Crippen LogP contribution in [0, 0.1) is 0 Å². The normalized spacial score (nSPS) is 10.6. The predicted octanol–water partition coefficient (Wildman–Crippen LogP) is 4.99. The molecule has 0 aliphatic carbocycles. The molecule has 8 heteroatoms. The first-order chi connectivity index (χ1) is 15.5. The zero-order chi connectivity index (χ0) is 22.5. The van der Waals surface area contributed by atoms with E-state index in [-0.39, 0.29) is 35.3 Å². The van der Waals surface area contributed by atoms with E-state index in [2.05, 4.69) is 10.2 Å². The number of nitrogens with zero attached hydrogens (tertiary/aromatic N) is 2. The molecule has 0 bridgehead atoms. The zero-order valence-corrected chi connectivity index (χ0v) is 17.7. The van der Waals surface area contributed by atoms with Crippen LogP contribution in [0.2, 0.25) is 5.02 Å². The van der Waals surface area contributed by atoms with Gasteiger partial charge in [-0.15, -0.1) is 10.2 Å². The number of esters is 1. The minimum atomic E-state index is -0.674. The minimum Gasteiger partial charge on any atom is -0.497 e. The summed E-state index contributed by atoms with van der Waals surface area (Å²) in [6.45, 7) is -0.231. The second-order valence-electron chi connectivity index (χ2n) is 6.69. The van der Waals surface area contributed by atoms with Gasteiger partial charge < -0.3 is 13.9 Å². The Balaban J connectivity index is 1.46. The molecular weight excluding hydrogens is 432 g/mol. The van der Waals surface area contributed by atoms with Gasteiger partial charge in [0.25, 0.3) is 5.89 Å². The van der Waals surface area contributed by atoms with Crippen molar-refractivity contribution in [3.05, 3.63) is 100 Å². The molecule has 4 aromatic rings. The van der Waals surface area contributed by atoms with Crippen LogP contribution in [0.3, 0.4) is 0 Å². The molecule has 1 aromatic heterocycles. The maximum absolute atomic E-state index is 12.9. The van der Waals surface area contributed by atoms with Gasteiger partial charge in [-0.3, -0.25) is 4.79 Å². The molecule has 7 nitrogen and oxygen atoms in total. The number of halogens is 1. The minimum absolute atomic E-state index is 0.130. The van der Waals surface area contributed by atoms with Crippen molar-refractivity contribution in [2.75, 3.05) is 7.11 Å². The quantitative estimate of drug-likeness (QED) is 0.290. The average Bonchev–Trinajstić information content (AvgIpc) is 3.32. The number of benzene rings is 3. The Bertz CT molecular complexity index is 1250. The maximum Gasteiger partial charge on any atom is 0.339 e. The summed E-state index contributed by atoms with van der Waals surface area (Å²) in [5.41, 5.74) is 1.48. The molecule has 0 unspecified atom stereocenters. The van der Waals surface area contributed by atoms with Gasteiger partial charge in [0.2, 0.25) is 5.89 Å². The molecule has 0 spiro atoms. The molecule has 1 heterocycles. The second-order valence-corrected chi connectivity index (χ2v) is 7.12. The van der Waals surface area contributed by atoms with Crippen molar-refractivity contribution in [3.8, 4) is 17.2 Å². The Morgan fingerprint density at radius 3 is 2.28 bits per heavy atom. The number of hydrogen-bond acceptors (Lipinski definition) is 7. The largest absolute Gasteiger partial charge is 0.497 e. The van der Waals surface area contributed by atoms with Crippen molar-refractivity contribution in [3.63, 3.8) is 0 Å². The molecule has 0 radical (unpaired) electrons. The summed E-state index contributed by atoms with van der Waals surface area (Å²) < 4.78 is 16.0. The molecule has 0 aliphatic heterocycles. The molecule has 160 valence electrons. The van der Waals surface area contributed by atoms with Crippen LogP contribution in [-0.2, 0) is 11.3 Å². The Morgan fingerprint density at radius 1 is 0.906 bits per heavy atom. The third-order valence-electron chi connectivity index (χ3n) is 4.63. The fraction of sp³-hybridized carbons (Fsp3) is 0.0833. The lowest BCUT2D eigenvalue weighted by Crippen LogP contribution is -2.12. The van der Waals surface area contributed by atoms with Crippen LogP contribution in [0.5, 0.6) is 5.75 Å². The maximum atomic E-state index is 12.9. The van der Waals surface area contributed by atoms with Crippen LogP contribution in [0.15, 0.2) is 77.2 Å². The topological polar surface area (TPSA) is 91.5 Å². The first kappa shape index (κ1) is 21.3. The molecule has 4 rings (SSSR count). The molecular formula is C24H17ClN2O5. The third-order valence-corrected chi connectivity index (χ3v) is 4.88. The van der Waals surface area contributed by atoms with E-state index in [4.69, 9.17) is 25.5 Å². The van der Waals surface area contributed by atoms with E-state index < -0.39 is 5.97 Å². The average molecular weight is 449 g/mol. The van der Waals surface area contributed by atoms with Crippen LogP contribution in [-0.4, -0.2) is 29.1 Å². The van der Waals surface area contributed by atoms with Gasteiger partial charge in [-0.2, -0.15) is 0 Å². The van der Waals surface area contributed by atoms with Crippen molar-refractivity contribution in [1.29, 1.82) is 0 Å². The Morgan fingerprint density at radius 2 is 1.59 bits per heavy atom. The summed E-state index contributed by atoms with van der Waals surface area (Å²) in [7, 11) is 1.58. The van der Waals surface area contributed by atoms with Crippen molar-refractivity contribution in [1.82, 2.24) is 10.2 Å². The van der Waals surface area contributed by atoms with Crippen LogP contribution < -0.4 is 4.74 Å². The Labute approximate surface area is 188 Å². The highest BCUT2D eigenvalue weighted by Gasteiger charge is 2.20. The molecule has 0 N–H and O–H groups in total. The molecule has 0 fully saturated rings. The fourth-order valence-corrected chi connectivity index (χ4v) is 3.11. The number of ketones is 1. The molecule has 0 saturated heterocycles. The van der Waals surface area contributed by atoms with Crippen LogP contribution in [0.4, 0.5) is 0 Å². The van der Waals surface area contributed by atoms with Gasteiger partial charge in [0.15, 0.2) is 12.4 Å². The molecule has 0 atom stereocenters. The highest BCUT2D eigenvalue weighted by atomic mass is 35.5. The summed E-state index contributed by atoms with van der Waals surface area (Å²) in [5, 5.41) is 8.40. The zero-order valence-electron chi connectivity index (χ0n) is 16.9. The Hall–Kier alpha value is -3.97. The van der Waals surface area contributed by atoms with Crippen molar-refractivity contribution < 1.29 is 23.5 Å². The van der Waals surface area contributed by atoms with Crippen LogP contribution in [0.25, 0.3) is 11.5 Å². The van der Waals surface area contributed by atoms with E-state index in [0.717, 1.165) is 0 Å². The number of aromatic nitrogens is 2.